The fourth-order valence-corrected chi connectivity index (χ4v) is 2.65. The van der Waals surface area contributed by atoms with Gasteiger partial charge in [-0.05, 0) is 45.4 Å². The molecule has 116 valence electrons. The molecule has 1 fully saturated rings. The Morgan fingerprint density at radius 2 is 1.75 bits per heavy atom. The lowest BCUT2D eigenvalue weighted by Gasteiger charge is -2.31. The van der Waals surface area contributed by atoms with Crippen molar-refractivity contribution < 1.29 is 19.1 Å². The summed E-state index contributed by atoms with van der Waals surface area (Å²) in [4.78, 5) is 23.1. The molecule has 0 aromatic heterocycles. The van der Waals surface area contributed by atoms with E-state index in [2.05, 4.69) is 5.32 Å². The number of nitrogens with one attached hydrogen (secondary N) is 1. The van der Waals surface area contributed by atoms with Gasteiger partial charge in [0.25, 0.3) is 0 Å². The third-order valence-electron chi connectivity index (χ3n) is 3.63. The van der Waals surface area contributed by atoms with Crippen LogP contribution in [0.5, 0.6) is 0 Å². The monoisotopic (exact) mass is 285 g/mol. The highest BCUT2D eigenvalue weighted by molar-refractivity contribution is 5.69. The predicted octanol–water partition coefficient (Wildman–Crippen LogP) is 2.88. The van der Waals surface area contributed by atoms with Crippen LogP contribution >= 0.6 is 0 Å². The van der Waals surface area contributed by atoms with Crippen LogP contribution in [0.1, 0.15) is 52.9 Å². The molecule has 0 bridgehead atoms. The maximum atomic E-state index is 11.7. The van der Waals surface area contributed by atoms with Gasteiger partial charge in [-0.15, -0.1) is 0 Å². The summed E-state index contributed by atoms with van der Waals surface area (Å²) in [5, 5.41) is 2.82. The Bertz CT molecular complexity index is 335. The van der Waals surface area contributed by atoms with Gasteiger partial charge in [-0.3, -0.25) is 4.79 Å². The highest BCUT2D eigenvalue weighted by atomic mass is 16.6. The van der Waals surface area contributed by atoms with Crippen molar-refractivity contribution in [3.05, 3.63) is 0 Å². The van der Waals surface area contributed by atoms with E-state index in [-0.39, 0.29) is 12.1 Å². The zero-order chi connectivity index (χ0) is 15.2. The average Bonchev–Trinajstić information content (AvgIpc) is 2.35. The molecule has 0 heterocycles. The molecule has 1 N–H and O–H groups in total. The molecule has 2 atom stereocenters. The van der Waals surface area contributed by atoms with Gasteiger partial charge < -0.3 is 14.8 Å². The van der Waals surface area contributed by atoms with Crippen LogP contribution in [0, 0.1) is 11.8 Å². The van der Waals surface area contributed by atoms with Crippen molar-refractivity contribution in [3.63, 3.8) is 0 Å². The molecule has 5 nitrogen and oxygen atoms in total. The Morgan fingerprint density at radius 3 is 2.30 bits per heavy atom. The molecule has 1 rings (SSSR count). The van der Waals surface area contributed by atoms with Gasteiger partial charge in [0.1, 0.15) is 5.60 Å². The lowest BCUT2D eigenvalue weighted by Crippen LogP contribution is -2.38. The molecule has 1 saturated carbocycles. The molecule has 0 radical (unpaired) electrons. The van der Waals surface area contributed by atoms with Crippen molar-refractivity contribution in [3.8, 4) is 0 Å². The lowest BCUT2D eigenvalue weighted by atomic mass is 9.77. The molecule has 1 aliphatic carbocycles. The summed E-state index contributed by atoms with van der Waals surface area (Å²) in [6.45, 7) is 6.09. The number of methoxy groups -OCH3 is 1. The second-order valence-electron chi connectivity index (χ2n) is 6.47. The van der Waals surface area contributed by atoms with Gasteiger partial charge in [0.15, 0.2) is 0 Å². The number of ether oxygens (including phenoxy) is 2. The first kappa shape index (κ1) is 16.8. The fourth-order valence-electron chi connectivity index (χ4n) is 2.65. The van der Waals surface area contributed by atoms with E-state index in [0.717, 1.165) is 25.7 Å². The lowest BCUT2D eigenvalue weighted by molar-refractivity contribution is -0.142. The Morgan fingerprint density at radius 1 is 1.15 bits per heavy atom. The van der Waals surface area contributed by atoms with Crippen molar-refractivity contribution in [2.24, 2.45) is 11.8 Å². The van der Waals surface area contributed by atoms with Crippen molar-refractivity contribution >= 4 is 12.1 Å². The van der Waals surface area contributed by atoms with E-state index in [1.54, 1.807) is 0 Å². The van der Waals surface area contributed by atoms with Crippen LogP contribution in [-0.2, 0) is 14.3 Å². The van der Waals surface area contributed by atoms with E-state index in [0.29, 0.717) is 24.8 Å². The van der Waals surface area contributed by atoms with E-state index in [1.165, 1.54) is 7.11 Å². The Kier molecular flexibility index (Phi) is 6.30. The molecule has 0 aliphatic heterocycles. The third kappa shape index (κ3) is 6.26. The molecule has 0 spiro atoms. The van der Waals surface area contributed by atoms with Crippen LogP contribution < -0.4 is 5.32 Å². The van der Waals surface area contributed by atoms with Gasteiger partial charge in [-0.25, -0.2) is 4.79 Å². The molecule has 0 aromatic carbocycles. The van der Waals surface area contributed by atoms with Gasteiger partial charge in [0.2, 0.25) is 0 Å². The normalized spacial score (nSPS) is 23.0. The summed E-state index contributed by atoms with van der Waals surface area (Å²) in [6, 6.07) is 0. The van der Waals surface area contributed by atoms with E-state index in [1.807, 2.05) is 20.8 Å². The van der Waals surface area contributed by atoms with E-state index in [4.69, 9.17) is 9.47 Å². The minimum absolute atomic E-state index is 0.167. The molecule has 2 unspecified atom stereocenters. The minimum atomic E-state index is -0.484. The Balaban J connectivity index is 2.42. The van der Waals surface area contributed by atoms with Gasteiger partial charge in [-0.1, -0.05) is 12.8 Å². The molecule has 0 aromatic rings. The number of hydrogen-bond acceptors (Lipinski definition) is 4. The largest absolute Gasteiger partial charge is 0.469 e. The summed E-state index contributed by atoms with van der Waals surface area (Å²) in [5.41, 5.74) is -0.484. The quantitative estimate of drug-likeness (QED) is 0.807. The average molecular weight is 285 g/mol. The maximum absolute atomic E-state index is 11.7. The molecular weight excluding hydrogens is 258 g/mol. The number of esters is 1. The SMILES string of the molecule is COC(=O)CC1CCCCC1CNC(=O)OC(C)(C)C. The van der Waals surface area contributed by atoms with Gasteiger partial charge in [0.05, 0.1) is 7.11 Å². The zero-order valence-corrected chi connectivity index (χ0v) is 13.0. The smallest absolute Gasteiger partial charge is 0.407 e. The van der Waals surface area contributed by atoms with Crippen molar-refractivity contribution in [2.75, 3.05) is 13.7 Å². The Labute approximate surface area is 121 Å². The predicted molar refractivity (Wildman–Crippen MR) is 76.3 cm³/mol. The van der Waals surface area contributed by atoms with Crippen molar-refractivity contribution in [2.45, 2.75) is 58.5 Å². The number of hydrogen-bond donors (Lipinski definition) is 1. The summed E-state index contributed by atoms with van der Waals surface area (Å²) < 4.78 is 9.97. The van der Waals surface area contributed by atoms with Crippen molar-refractivity contribution in [1.29, 1.82) is 0 Å². The molecule has 1 aliphatic rings. The van der Waals surface area contributed by atoms with Crippen LogP contribution in [0.15, 0.2) is 0 Å². The van der Waals surface area contributed by atoms with Crippen LogP contribution in [0.3, 0.4) is 0 Å². The van der Waals surface area contributed by atoms with Crippen LogP contribution in [-0.4, -0.2) is 31.3 Å². The van der Waals surface area contributed by atoms with Crippen LogP contribution in [0.4, 0.5) is 4.79 Å². The standard InChI is InChI=1S/C15H27NO4/c1-15(2,3)20-14(18)16-10-12-8-6-5-7-11(12)9-13(17)19-4/h11-12H,5-10H2,1-4H3,(H,16,18). The number of alkyl carbamates (subject to hydrolysis) is 1. The fraction of sp³-hybridized carbons (Fsp3) is 0.867. The number of carbonyl (C=O) groups excluding carboxylic acids is 2. The maximum Gasteiger partial charge on any atom is 0.407 e. The summed E-state index contributed by atoms with van der Waals surface area (Å²) in [7, 11) is 1.42. The van der Waals surface area contributed by atoms with Crippen LogP contribution in [0.25, 0.3) is 0 Å². The number of carbonyl (C=O) groups is 2. The van der Waals surface area contributed by atoms with Crippen LogP contribution in [0.2, 0.25) is 0 Å². The highest BCUT2D eigenvalue weighted by Gasteiger charge is 2.28. The van der Waals surface area contributed by atoms with E-state index in [9.17, 15) is 9.59 Å². The number of rotatable bonds is 4. The first-order valence-corrected chi connectivity index (χ1v) is 7.35. The zero-order valence-electron chi connectivity index (χ0n) is 13.0. The van der Waals surface area contributed by atoms with Gasteiger partial charge in [0, 0.05) is 13.0 Å². The molecule has 20 heavy (non-hydrogen) atoms. The first-order chi connectivity index (χ1) is 9.31. The second-order valence-corrected chi connectivity index (χ2v) is 6.47. The summed E-state index contributed by atoms with van der Waals surface area (Å²) in [6.07, 6.45) is 4.41. The highest BCUT2D eigenvalue weighted by Crippen LogP contribution is 2.32. The summed E-state index contributed by atoms with van der Waals surface area (Å²) >= 11 is 0. The Hall–Kier alpha value is -1.26. The van der Waals surface area contributed by atoms with Crippen molar-refractivity contribution in [1.82, 2.24) is 5.32 Å². The first-order valence-electron chi connectivity index (χ1n) is 7.35. The summed E-state index contributed by atoms with van der Waals surface area (Å²) in [5.74, 6) is 0.459. The second kappa shape index (κ2) is 7.50. The third-order valence-corrected chi connectivity index (χ3v) is 3.63. The number of amides is 1. The topological polar surface area (TPSA) is 64.6 Å². The van der Waals surface area contributed by atoms with E-state index < -0.39 is 5.60 Å². The molecular formula is C15H27NO4. The minimum Gasteiger partial charge on any atom is -0.469 e. The molecule has 1 amide bonds. The van der Waals surface area contributed by atoms with Gasteiger partial charge in [-0.2, -0.15) is 0 Å². The van der Waals surface area contributed by atoms with E-state index >= 15 is 0 Å². The van der Waals surface area contributed by atoms with Gasteiger partial charge >= 0.3 is 12.1 Å². The molecule has 5 heteroatoms. The molecule has 0 saturated heterocycles.